The number of aromatic nitrogens is 1. The van der Waals surface area contributed by atoms with Crippen molar-refractivity contribution in [2.75, 3.05) is 20.1 Å². The van der Waals surface area contributed by atoms with Gasteiger partial charge < -0.3 is 25.2 Å². The molecule has 3 N–H and O–H groups in total. The topological polar surface area (TPSA) is 101 Å². The molecule has 0 atom stereocenters. The Hall–Kier alpha value is -2.25. The van der Waals surface area contributed by atoms with Gasteiger partial charge in [0, 0.05) is 38.7 Å². The number of rotatable bonds is 8. The van der Waals surface area contributed by atoms with Crippen LogP contribution in [0.1, 0.15) is 58.1 Å². The first-order valence-electron chi connectivity index (χ1n) is 9.18. The Bertz CT molecular complexity index is 569. The zero-order chi connectivity index (χ0) is 19.6. The molecule has 0 aliphatic rings. The molecule has 0 radical (unpaired) electrons. The number of amides is 1. The number of nitrogens with one attached hydrogen (secondary N) is 3. The van der Waals surface area contributed by atoms with Crippen LogP contribution in [-0.4, -0.2) is 42.9 Å². The standard InChI is InChI=1S/C18H33N5O3/c1-7-14-13(15(8-2)26-23-14)12-22-16(19-6)20-10-9-11-21-17(24)25-18(3,4)5/h7-12H2,1-6H3,(H,21,24)(H2,19,20,22). The monoisotopic (exact) mass is 367 g/mol. The maximum Gasteiger partial charge on any atom is 0.407 e. The molecule has 0 unspecified atom stereocenters. The van der Waals surface area contributed by atoms with Gasteiger partial charge in [0.25, 0.3) is 0 Å². The van der Waals surface area contributed by atoms with Crippen molar-refractivity contribution in [2.24, 2.45) is 4.99 Å². The Balaban J connectivity index is 2.32. The average molecular weight is 367 g/mol. The largest absolute Gasteiger partial charge is 0.444 e. The maximum atomic E-state index is 11.6. The summed E-state index contributed by atoms with van der Waals surface area (Å²) in [5.74, 6) is 1.61. The Kier molecular flexibility index (Phi) is 8.95. The first kappa shape index (κ1) is 21.8. The van der Waals surface area contributed by atoms with E-state index in [0.717, 1.165) is 36.3 Å². The van der Waals surface area contributed by atoms with Gasteiger partial charge in [0.2, 0.25) is 0 Å². The number of hydrogen-bond acceptors (Lipinski definition) is 5. The van der Waals surface area contributed by atoms with Crippen LogP contribution in [0, 0.1) is 0 Å². The Morgan fingerprint density at radius 3 is 2.42 bits per heavy atom. The number of alkyl carbamates (subject to hydrolysis) is 1. The summed E-state index contributed by atoms with van der Waals surface area (Å²) in [5, 5.41) is 13.3. The summed E-state index contributed by atoms with van der Waals surface area (Å²) in [7, 11) is 1.73. The smallest absolute Gasteiger partial charge is 0.407 e. The van der Waals surface area contributed by atoms with Crippen molar-refractivity contribution in [3.05, 3.63) is 17.0 Å². The van der Waals surface area contributed by atoms with Crippen LogP contribution < -0.4 is 16.0 Å². The lowest BCUT2D eigenvalue weighted by molar-refractivity contribution is 0.0527. The van der Waals surface area contributed by atoms with Gasteiger partial charge in [-0.05, 0) is 33.6 Å². The molecule has 148 valence electrons. The number of ether oxygens (including phenoxy) is 1. The molecular formula is C18H33N5O3. The number of aliphatic imine (C=N–C) groups is 1. The van der Waals surface area contributed by atoms with Crippen molar-refractivity contribution in [1.29, 1.82) is 0 Å². The summed E-state index contributed by atoms with van der Waals surface area (Å²) in [6.07, 6.45) is 2.01. The molecular weight excluding hydrogens is 334 g/mol. The van der Waals surface area contributed by atoms with E-state index in [4.69, 9.17) is 9.26 Å². The molecule has 0 saturated heterocycles. The maximum absolute atomic E-state index is 11.6. The van der Waals surface area contributed by atoms with Gasteiger partial charge in [-0.2, -0.15) is 0 Å². The molecule has 1 aromatic heterocycles. The van der Waals surface area contributed by atoms with Gasteiger partial charge in [0.05, 0.1) is 5.69 Å². The minimum atomic E-state index is -0.481. The normalized spacial score (nSPS) is 12.0. The number of carbonyl (C=O) groups is 1. The Labute approximate surface area is 156 Å². The fourth-order valence-electron chi connectivity index (χ4n) is 2.33. The molecule has 0 aliphatic heterocycles. The molecule has 0 saturated carbocycles. The van der Waals surface area contributed by atoms with Crippen LogP contribution >= 0.6 is 0 Å². The average Bonchev–Trinajstić information content (AvgIpc) is 2.97. The van der Waals surface area contributed by atoms with E-state index in [1.54, 1.807) is 7.05 Å². The number of aryl methyl sites for hydroxylation is 2. The van der Waals surface area contributed by atoms with Gasteiger partial charge in [-0.3, -0.25) is 4.99 Å². The van der Waals surface area contributed by atoms with Crippen LogP contribution in [-0.2, 0) is 24.1 Å². The Morgan fingerprint density at radius 2 is 1.85 bits per heavy atom. The summed E-state index contributed by atoms with van der Waals surface area (Å²) in [6, 6.07) is 0. The van der Waals surface area contributed by atoms with Crippen molar-refractivity contribution in [3.8, 4) is 0 Å². The van der Waals surface area contributed by atoms with Crippen LogP contribution in [0.2, 0.25) is 0 Å². The van der Waals surface area contributed by atoms with Crippen molar-refractivity contribution in [2.45, 2.75) is 66.0 Å². The van der Waals surface area contributed by atoms with E-state index in [0.29, 0.717) is 25.6 Å². The van der Waals surface area contributed by atoms with E-state index in [1.807, 2.05) is 27.7 Å². The summed E-state index contributed by atoms with van der Waals surface area (Å²) in [5.41, 5.74) is 1.60. The third-order valence-electron chi connectivity index (χ3n) is 3.58. The van der Waals surface area contributed by atoms with Crippen LogP contribution in [0.4, 0.5) is 4.79 Å². The van der Waals surface area contributed by atoms with Crippen LogP contribution in [0.25, 0.3) is 0 Å². The van der Waals surface area contributed by atoms with Crippen molar-refractivity contribution in [1.82, 2.24) is 21.1 Å². The minimum Gasteiger partial charge on any atom is -0.444 e. The number of carbonyl (C=O) groups excluding carboxylic acids is 1. The van der Waals surface area contributed by atoms with Crippen LogP contribution in [0.5, 0.6) is 0 Å². The lowest BCUT2D eigenvalue weighted by Crippen LogP contribution is -2.39. The fourth-order valence-corrected chi connectivity index (χ4v) is 2.33. The van der Waals surface area contributed by atoms with E-state index in [1.165, 1.54) is 0 Å². The van der Waals surface area contributed by atoms with Gasteiger partial charge in [-0.15, -0.1) is 0 Å². The van der Waals surface area contributed by atoms with Crippen molar-refractivity contribution in [3.63, 3.8) is 0 Å². The molecule has 0 spiro atoms. The van der Waals surface area contributed by atoms with E-state index in [2.05, 4.69) is 33.0 Å². The van der Waals surface area contributed by atoms with E-state index in [-0.39, 0.29) is 0 Å². The second-order valence-electron chi connectivity index (χ2n) is 6.87. The van der Waals surface area contributed by atoms with E-state index >= 15 is 0 Å². The minimum absolute atomic E-state index is 0.397. The van der Waals surface area contributed by atoms with E-state index in [9.17, 15) is 4.79 Å². The highest BCUT2D eigenvalue weighted by Crippen LogP contribution is 2.15. The van der Waals surface area contributed by atoms with Gasteiger partial charge in [-0.25, -0.2) is 4.79 Å². The second kappa shape index (κ2) is 10.7. The number of nitrogens with zero attached hydrogens (tertiary/aromatic N) is 2. The van der Waals surface area contributed by atoms with E-state index < -0.39 is 11.7 Å². The molecule has 1 amide bonds. The molecule has 1 rings (SSSR count). The zero-order valence-electron chi connectivity index (χ0n) is 16.9. The first-order valence-corrected chi connectivity index (χ1v) is 9.18. The molecule has 1 heterocycles. The SMILES string of the molecule is CCc1noc(CC)c1CNC(=NC)NCCCNC(=O)OC(C)(C)C. The number of hydrogen-bond donors (Lipinski definition) is 3. The molecule has 26 heavy (non-hydrogen) atoms. The highest BCUT2D eigenvalue weighted by Gasteiger charge is 2.15. The first-order chi connectivity index (χ1) is 12.3. The highest BCUT2D eigenvalue weighted by atomic mass is 16.6. The molecule has 8 nitrogen and oxygen atoms in total. The molecule has 8 heteroatoms. The molecule has 0 aromatic carbocycles. The third-order valence-corrected chi connectivity index (χ3v) is 3.58. The van der Waals surface area contributed by atoms with Crippen LogP contribution in [0.3, 0.4) is 0 Å². The van der Waals surface area contributed by atoms with Crippen molar-refractivity contribution < 1.29 is 14.1 Å². The quantitative estimate of drug-likeness (QED) is 0.370. The van der Waals surface area contributed by atoms with Gasteiger partial charge in [0.15, 0.2) is 5.96 Å². The van der Waals surface area contributed by atoms with Gasteiger partial charge >= 0.3 is 6.09 Å². The van der Waals surface area contributed by atoms with Crippen LogP contribution in [0.15, 0.2) is 9.52 Å². The van der Waals surface area contributed by atoms with Gasteiger partial charge in [0.1, 0.15) is 11.4 Å². The zero-order valence-corrected chi connectivity index (χ0v) is 16.9. The molecule has 0 bridgehead atoms. The second-order valence-corrected chi connectivity index (χ2v) is 6.87. The van der Waals surface area contributed by atoms with Gasteiger partial charge in [-0.1, -0.05) is 19.0 Å². The summed E-state index contributed by atoms with van der Waals surface area (Å²) in [6.45, 7) is 11.5. The molecule has 0 aliphatic carbocycles. The lowest BCUT2D eigenvalue weighted by atomic mass is 10.1. The summed E-state index contributed by atoms with van der Waals surface area (Å²) >= 11 is 0. The molecule has 0 fully saturated rings. The summed E-state index contributed by atoms with van der Waals surface area (Å²) in [4.78, 5) is 15.8. The Morgan fingerprint density at radius 1 is 1.15 bits per heavy atom. The fraction of sp³-hybridized carbons (Fsp3) is 0.722. The third kappa shape index (κ3) is 7.76. The predicted octanol–water partition coefficient (Wildman–Crippen LogP) is 2.38. The van der Waals surface area contributed by atoms with Crippen molar-refractivity contribution >= 4 is 12.1 Å². The summed E-state index contributed by atoms with van der Waals surface area (Å²) < 4.78 is 10.6. The number of guanidine groups is 1. The molecule has 1 aromatic rings. The predicted molar refractivity (Wildman–Crippen MR) is 102 cm³/mol. The highest BCUT2D eigenvalue weighted by molar-refractivity contribution is 5.79. The lowest BCUT2D eigenvalue weighted by Gasteiger charge is -2.19.